The van der Waals surface area contributed by atoms with Gasteiger partial charge in [0, 0.05) is 30.3 Å². The van der Waals surface area contributed by atoms with Crippen LogP contribution in [0.1, 0.15) is 22.8 Å². The lowest BCUT2D eigenvalue weighted by Crippen LogP contribution is -2.22. The summed E-state index contributed by atoms with van der Waals surface area (Å²) in [5.41, 5.74) is 1.49. The third-order valence-corrected chi connectivity index (χ3v) is 2.86. The first kappa shape index (κ1) is 14.6. The molecule has 0 aliphatic carbocycles. The first-order valence-electron chi connectivity index (χ1n) is 6.43. The zero-order valence-electron chi connectivity index (χ0n) is 11.5. The number of rotatable bonds is 6. The standard InChI is InChI=1S/C14H15N3O4/c1-2-15-12-7-11(3-4-13(12)17(19)20)14(18)16-8-10-5-6-21-9-10/h3-7,9,15H,2,8H2,1H3,(H,16,18). The lowest BCUT2D eigenvalue weighted by molar-refractivity contribution is -0.384. The molecule has 2 aromatic rings. The highest BCUT2D eigenvalue weighted by Gasteiger charge is 2.16. The molecule has 2 N–H and O–H groups in total. The van der Waals surface area contributed by atoms with Gasteiger partial charge in [0.05, 0.1) is 17.4 Å². The van der Waals surface area contributed by atoms with Crippen molar-refractivity contribution in [2.75, 3.05) is 11.9 Å². The molecular weight excluding hydrogens is 274 g/mol. The molecule has 1 aromatic carbocycles. The predicted molar refractivity (Wildman–Crippen MR) is 77.1 cm³/mol. The Morgan fingerprint density at radius 1 is 1.38 bits per heavy atom. The lowest BCUT2D eigenvalue weighted by Gasteiger charge is -2.08. The van der Waals surface area contributed by atoms with Gasteiger partial charge in [-0.1, -0.05) is 0 Å². The number of nitro benzene ring substituents is 1. The van der Waals surface area contributed by atoms with Gasteiger partial charge in [-0.05, 0) is 25.1 Å². The highest BCUT2D eigenvalue weighted by molar-refractivity contribution is 5.95. The average Bonchev–Trinajstić information content (AvgIpc) is 2.98. The number of anilines is 1. The van der Waals surface area contributed by atoms with E-state index in [1.807, 2.05) is 6.92 Å². The minimum Gasteiger partial charge on any atom is -0.472 e. The summed E-state index contributed by atoms with van der Waals surface area (Å²) in [6.07, 6.45) is 3.07. The molecule has 1 aromatic heterocycles. The highest BCUT2D eigenvalue weighted by atomic mass is 16.6. The molecule has 0 bridgehead atoms. The molecule has 0 saturated heterocycles. The van der Waals surface area contributed by atoms with Crippen LogP contribution < -0.4 is 10.6 Å². The number of carbonyl (C=O) groups excluding carboxylic acids is 1. The number of carbonyl (C=O) groups is 1. The summed E-state index contributed by atoms with van der Waals surface area (Å²) in [5, 5.41) is 16.5. The highest BCUT2D eigenvalue weighted by Crippen LogP contribution is 2.25. The SMILES string of the molecule is CCNc1cc(C(=O)NCc2ccoc2)ccc1[N+](=O)[O-]. The van der Waals surface area contributed by atoms with Gasteiger partial charge in [0.25, 0.3) is 11.6 Å². The van der Waals surface area contributed by atoms with E-state index in [1.165, 1.54) is 24.5 Å². The normalized spacial score (nSPS) is 10.1. The fourth-order valence-electron chi connectivity index (χ4n) is 1.85. The second kappa shape index (κ2) is 6.56. The monoisotopic (exact) mass is 289 g/mol. The quantitative estimate of drug-likeness (QED) is 0.629. The third kappa shape index (κ3) is 3.59. The van der Waals surface area contributed by atoms with Crippen molar-refractivity contribution in [3.63, 3.8) is 0 Å². The van der Waals surface area contributed by atoms with Gasteiger partial charge in [0.1, 0.15) is 5.69 Å². The number of nitro groups is 1. The zero-order valence-corrected chi connectivity index (χ0v) is 11.5. The van der Waals surface area contributed by atoms with E-state index in [4.69, 9.17) is 4.42 Å². The van der Waals surface area contributed by atoms with E-state index in [0.29, 0.717) is 24.3 Å². The minimum absolute atomic E-state index is 0.0526. The summed E-state index contributed by atoms with van der Waals surface area (Å²) in [6.45, 7) is 2.69. The third-order valence-electron chi connectivity index (χ3n) is 2.86. The van der Waals surface area contributed by atoms with Gasteiger partial charge >= 0.3 is 0 Å². The molecule has 0 atom stereocenters. The van der Waals surface area contributed by atoms with Crippen LogP contribution in [0.4, 0.5) is 11.4 Å². The Morgan fingerprint density at radius 3 is 2.81 bits per heavy atom. The van der Waals surface area contributed by atoms with Crippen LogP contribution in [0.3, 0.4) is 0 Å². The van der Waals surface area contributed by atoms with Crippen LogP contribution in [0.5, 0.6) is 0 Å². The largest absolute Gasteiger partial charge is 0.472 e. The average molecular weight is 289 g/mol. The van der Waals surface area contributed by atoms with Crippen LogP contribution in [0, 0.1) is 10.1 Å². The van der Waals surface area contributed by atoms with E-state index in [-0.39, 0.29) is 11.6 Å². The summed E-state index contributed by atoms with van der Waals surface area (Å²) in [7, 11) is 0. The van der Waals surface area contributed by atoms with Crippen LogP contribution in [-0.4, -0.2) is 17.4 Å². The van der Waals surface area contributed by atoms with E-state index in [1.54, 1.807) is 12.3 Å². The van der Waals surface area contributed by atoms with Crippen molar-refractivity contribution in [1.29, 1.82) is 0 Å². The summed E-state index contributed by atoms with van der Waals surface area (Å²) < 4.78 is 4.91. The molecule has 0 aliphatic heterocycles. The zero-order chi connectivity index (χ0) is 15.2. The molecule has 1 amide bonds. The van der Waals surface area contributed by atoms with Gasteiger partial charge in [-0.25, -0.2) is 0 Å². The van der Waals surface area contributed by atoms with E-state index >= 15 is 0 Å². The fraction of sp³-hybridized carbons (Fsp3) is 0.214. The van der Waals surface area contributed by atoms with Gasteiger partial charge in [0.15, 0.2) is 0 Å². The molecule has 0 saturated carbocycles. The number of nitrogens with zero attached hydrogens (tertiary/aromatic N) is 1. The molecule has 0 radical (unpaired) electrons. The van der Waals surface area contributed by atoms with Gasteiger partial charge in [-0.3, -0.25) is 14.9 Å². The molecule has 2 rings (SSSR count). The number of amides is 1. The Kier molecular flexibility index (Phi) is 4.55. The molecular formula is C14H15N3O4. The maximum atomic E-state index is 12.0. The van der Waals surface area contributed by atoms with E-state index in [2.05, 4.69) is 10.6 Å². The van der Waals surface area contributed by atoms with Crippen molar-refractivity contribution >= 4 is 17.3 Å². The maximum absolute atomic E-state index is 12.0. The van der Waals surface area contributed by atoms with Crippen molar-refractivity contribution in [3.05, 3.63) is 58.0 Å². The summed E-state index contributed by atoms with van der Waals surface area (Å²) in [4.78, 5) is 22.5. The summed E-state index contributed by atoms with van der Waals surface area (Å²) in [6, 6.07) is 5.99. The Labute approximate surface area is 121 Å². The number of furan rings is 1. The fourth-order valence-corrected chi connectivity index (χ4v) is 1.85. The van der Waals surface area contributed by atoms with Crippen molar-refractivity contribution in [2.45, 2.75) is 13.5 Å². The van der Waals surface area contributed by atoms with Gasteiger partial charge in [-0.2, -0.15) is 0 Å². The van der Waals surface area contributed by atoms with Gasteiger partial charge in [-0.15, -0.1) is 0 Å². The topological polar surface area (TPSA) is 97.4 Å². The van der Waals surface area contributed by atoms with Crippen LogP contribution in [0.2, 0.25) is 0 Å². The second-order valence-corrected chi connectivity index (χ2v) is 4.33. The molecule has 7 heteroatoms. The lowest BCUT2D eigenvalue weighted by atomic mass is 10.1. The first-order valence-corrected chi connectivity index (χ1v) is 6.43. The molecule has 0 fully saturated rings. The van der Waals surface area contributed by atoms with Crippen LogP contribution in [0.15, 0.2) is 41.2 Å². The number of hydrogen-bond donors (Lipinski definition) is 2. The summed E-state index contributed by atoms with van der Waals surface area (Å²) in [5.74, 6) is -0.301. The molecule has 110 valence electrons. The molecule has 0 spiro atoms. The van der Waals surface area contributed by atoms with Crippen LogP contribution in [0.25, 0.3) is 0 Å². The Balaban J connectivity index is 2.13. The Morgan fingerprint density at radius 2 is 2.19 bits per heavy atom. The minimum atomic E-state index is -0.481. The van der Waals surface area contributed by atoms with E-state index in [9.17, 15) is 14.9 Å². The predicted octanol–water partition coefficient (Wildman–Crippen LogP) is 2.55. The van der Waals surface area contributed by atoms with Gasteiger partial charge in [0.2, 0.25) is 0 Å². The van der Waals surface area contributed by atoms with Crippen molar-refractivity contribution in [1.82, 2.24) is 5.32 Å². The number of hydrogen-bond acceptors (Lipinski definition) is 5. The Bertz CT molecular complexity index is 638. The van der Waals surface area contributed by atoms with Gasteiger partial charge < -0.3 is 15.1 Å². The smallest absolute Gasteiger partial charge is 0.292 e. The molecule has 0 aliphatic rings. The van der Waals surface area contributed by atoms with E-state index < -0.39 is 4.92 Å². The molecule has 0 unspecified atom stereocenters. The number of benzene rings is 1. The van der Waals surface area contributed by atoms with E-state index in [0.717, 1.165) is 5.56 Å². The second-order valence-electron chi connectivity index (χ2n) is 4.33. The maximum Gasteiger partial charge on any atom is 0.292 e. The Hall–Kier alpha value is -2.83. The van der Waals surface area contributed by atoms with Crippen molar-refractivity contribution in [2.24, 2.45) is 0 Å². The molecule has 21 heavy (non-hydrogen) atoms. The van der Waals surface area contributed by atoms with Crippen molar-refractivity contribution < 1.29 is 14.1 Å². The van der Waals surface area contributed by atoms with Crippen LogP contribution >= 0.6 is 0 Å². The number of nitrogens with one attached hydrogen (secondary N) is 2. The van der Waals surface area contributed by atoms with Crippen molar-refractivity contribution in [3.8, 4) is 0 Å². The molecule has 7 nitrogen and oxygen atoms in total. The summed E-state index contributed by atoms with van der Waals surface area (Å²) >= 11 is 0. The van der Waals surface area contributed by atoms with Crippen LogP contribution in [-0.2, 0) is 6.54 Å². The molecule has 1 heterocycles. The first-order chi connectivity index (χ1) is 10.1.